The Hall–Kier alpha value is -1.82. The summed E-state index contributed by atoms with van der Waals surface area (Å²) < 4.78 is 0. The summed E-state index contributed by atoms with van der Waals surface area (Å²) in [5, 5.41) is 2.53. The number of nitrogens with two attached hydrogens (primary N) is 1. The Morgan fingerprint density at radius 3 is 2.84 bits per heavy atom. The van der Waals surface area contributed by atoms with Gasteiger partial charge < -0.3 is 11.0 Å². The molecule has 2 aliphatic rings. The highest BCUT2D eigenvalue weighted by molar-refractivity contribution is 6.11. The summed E-state index contributed by atoms with van der Waals surface area (Å²) in [4.78, 5) is 25.6. The Bertz CT molecular complexity index is 561. The van der Waals surface area contributed by atoms with Crippen LogP contribution in [0.2, 0.25) is 0 Å². The molecular formula is C13H14BN3O2. The minimum Gasteiger partial charge on any atom is -0.368 e. The molecule has 0 unspecified atom stereocenters. The van der Waals surface area contributed by atoms with Crippen molar-refractivity contribution in [1.82, 2.24) is 5.23 Å². The molecule has 0 saturated carbocycles. The van der Waals surface area contributed by atoms with E-state index in [-0.39, 0.29) is 5.91 Å². The third-order valence-corrected chi connectivity index (χ3v) is 3.94. The molecule has 3 N–H and O–H groups in total. The Morgan fingerprint density at radius 1 is 1.42 bits per heavy atom. The molecule has 0 fully saturated rings. The third-order valence-electron chi connectivity index (χ3n) is 3.94. The minimum absolute atomic E-state index is 0.171. The molecular weight excluding hydrogens is 241 g/mol. The van der Waals surface area contributed by atoms with Crippen LogP contribution in [0.25, 0.3) is 0 Å². The number of amides is 2. The molecule has 1 aromatic carbocycles. The van der Waals surface area contributed by atoms with Gasteiger partial charge in [-0.2, -0.15) is 0 Å². The maximum Gasteiger partial charge on any atom is 0.243 e. The Morgan fingerprint density at radius 2 is 2.16 bits per heavy atom. The van der Waals surface area contributed by atoms with Gasteiger partial charge in [0, 0.05) is 6.42 Å². The second kappa shape index (κ2) is 4.38. The molecule has 5 nitrogen and oxygen atoms in total. The van der Waals surface area contributed by atoms with Gasteiger partial charge in [0.1, 0.15) is 6.04 Å². The summed E-state index contributed by atoms with van der Waals surface area (Å²) in [6.45, 7) is 0. The molecule has 2 radical (unpaired) electrons. The van der Waals surface area contributed by atoms with E-state index in [1.807, 2.05) is 18.2 Å². The number of carbonyl (C=O) groups is 2. The van der Waals surface area contributed by atoms with Crippen LogP contribution in [0.1, 0.15) is 17.5 Å². The predicted octanol–water partition coefficient (Wildman–Crippen LogP) is -0.582. The molecule has 96 valence electrons. The minimum atomic E-state index is -0.599. The van der Waals surface area contributed by atoms with Gasteiger partial charge in [0.05, 0.1) is 11.7 Å². The lowest BCUT2D eigenvalue weighted by molar-refractivity contribution is -0.125. The molecule has 0 saturated heterocycles. The van der Waals surface area contributed by atoms with Gasteiger partial charge in [-0.1, -0.05) is 18.2 Å². The van der Waals surface area contributed by atoms with E-state index < -0.39 is 18.0 Å². The van der Waals surface area contributed by atoms with Crippen LogP contribution >= 0.6 is 0 Å². The van der Waals surface area contributed by atoms with E-state index in [0.29, 0.717) is 12.8 Å². The molecule has 0 aromatic heterocycles. The van der Waals surface area contributed by atoms with Crippen LogP contribution in [-0.4, -0.2) is 31.9 Å². The first-order chi connectivity index (χ1) is 9.13. The zero-order valence-corrected chi connectivity index (χ0v) is 10.4. The van der Waals surface area contributed by atoms with Crippen LogP contribution in [0, 0.1) is 0 Å². The number of benzene rings is 1. The molecule has 0 aliphatic carbocycles. The molecule has 2 atom stereocenters. The van der Waals surface area contributed by atoms with Crippen molar-refractivity contribution in [1.29, 1.82) is 0 Å². The summed E-state index contributed by atoms with van der Waals surface area (Å²) in [6.07, 6.45) is 1.86. The van der Waals surface area contributed by atoms with E-state index in [9.17, 15) is 9.59 Å². The van der Waals surface area contributed by atoms with Crippen LogP contribution < -0.4 is 15.9 Å². The maximum absolute atomic E-state index is 12.5. The number of nitrogens with zero attached hydrogens (tertiary/aromatic N) is 1. The van der Waals surface area contributed by atoms with Crippen molar-refractivity contribution in [2.45, 2.75) is 31.3 Å². The van der Waals surface area contributed by atoms with Crippen molar-refractivity contribution in [3.05, 3.63) is 29.3 Å². The summed E-state index contributed by atoms with van der Waals surface area (Å²) in [5.41, 5.74) is 8.37. The summed E-state index contributed by atoms with van der Waals surface area (Å²) in [7, 11) is 5.44. The lowest BCUT2D eigenvalue weighted by Crippen LogP contribution is -2.52. The van der Waals surface area contributed by atoms with Gasteiger partial charge in [0.25, 0.3) is 0 Å². The molecule has 0 spiro atoms. The van der Waals surface area contributed by atoms with E-state index in [4.69, 9.17) is 13.7 Å². The lowest BCUT2D eigenvalue weighted by atomic mass is 10.0. The first-order valence-electron chi connectivity index (χ1n) is 6.32. The van der Waals surface area contributed by atoms with E-state index >= 15 is 0 Å². The highest BCUT2D eigenvalue weighted by Crippen LogP contribution is 2.38. The molecule has 3 rings (SSSR count). The van der Waals surface area contributed by atoms with Crippen LogP contribution in [0.15, 0.2) is 18.2 Å². The standard InChI is InChI=1S/C13H14BN3O2/c14-16-9-5-4-7-2-1-3-8-6-10(12(15)18)17(11(7)8)13(9)19/h1-3,9-10,16H,4-6H2,(H2,15,18)/t9-,10-/m0/s1. The summed E-state index contributed by atoms with van der Waals surface area (Å²) in [5.74, 6) is -0.650. The third kappa shape index (κ3) is 1.75. The smallest absolute Gasteiger partial charge is 0.243 e. The number of para-hydroxylation sites is 1. The van der Waals surface area contributed by atoms with Gasteiger partial charge in [-0.15, -0.1) is 0 Å². The largest absolute Gasteiger partial charge is 0.368 e. The number of hydrogen-bond acceptors (Lipinski definition) is 3. The quantitative estimate of drug-likeness (QED) is 0.694. The monoisotopic (exact) mass is 255 g/mol. The van der Waals surface area contributed by atoms with Gasteiger partial charge in [-0.25, -0.2) is 0 Å². The number of primary amides is 1. The lowest BCUT2D eigenvalue weighted by Gasteiger charge is -2.26. The van der Waals surface area contributed by atoms with Gasteiger partial charge in [0.15, 0.2) is 7.98 Å². The highest BCUT2D eigenvalue weighted by Gasteiger charge is 2.42. The van der Waals surface area contributed by atoms with E-state index in [1.54, 1.807) is 0 Å². The van der Waals surface area contributed by atoms with Crippen LogP contribution in [0.4, 0.5) is 5.69 Å². The fourth-order valence-electron chi connectivity index (χ4n) is 3.01. The normalized spacial score (nSPS) is 25.1. The Balaban J connectivity index is 2.14. The molecule has 0 bridgehead atoms. The van der Waals surface area contributed by atoms with Crippen molar-refractivity contribution in [2.75, 3.05) is 4.90 Å². The molecule has 1 aromatic rings. The molecule has 2 aliphatic heterocycles. The fraction of sp³-hybridized carbons (Fsp3) is 0.385. The molecule has 2 heterocycles. The van der Waals surface area contributed by atoms with Gasteiger partial charge >= 0.3 is 0 Å². The van der Waals surface area contributed by atoms with Crippen molar-refractivity contribution in [2.24, 2.45) is 5.73 Å². The molecule has 6 heteroatoms. The van der Waals surface area contributed by atoms with Crippen molar-refractivity contribution in [3.63, 3.8) is 0 Å². The zero-order valence-electron chi connectivity index (χ0n) is 10.4. The number of hydrogen-bond donors (Lipinski definition) is 2. The van der Waals surface area contributed by atoms with Crippen LogP contribution in [0.3, 0.4) is 0 Å². The van der Waals surface area contributed by atoms with E-state index in [2.05, 4.69) is 5.23 Å². The summed E-state index contributed by atoms with van der Waals surface area (Å²) in [6, 6.07) is 4.81. The SMILES string of the molecule is [B]N[C@H]1CCc2cccc3c2N(C1=O)[C@H](C(N)=O)C3. The van der Waals surface area contributed by atoms with Gasteiger partial charge in [-0.05, 0) is 24.0 Å². The van der Waals surface area contributed by atoms with Crippen LogP contribution in [-0.2, 0) is 22.4 Å². The topological polar surface area (TPSA) is 75.4 Å². The second-order valence-electron chi connectivity index (χ2n) is 5.01. The van der Waals surface area contributed by atoms with Gasteiger partial charge in [0.2, 0.25) is 11.8 Å². The highest BCUT2D eigenvalue weighted by atomic mass is 16.2. The average molecular weight is 255 g/mol. The van der Waals surface area contributed by atoms with E-state index in [0.717, 1.165) is 23.2 Å². The second-order valence-corrected chi connectivity index (χ2v) is 5.01. The zero-order chi connectivity index (χ0) is 13.6. The number of nitrogens with one attached hydrogen (secondary N) is 1. The van der Waals surface area contributed by atoms with Gasteiger partial charge in [-0.3, -0.25) is 14.5 Å². The van der Waals surface area contributed by atoms with Crippen molar-refractivity contribution in [3.8, 4) is 0 Å². The number of aryl methyl sites for hydroxylation is 1. The number of carbonyl (C=O) groups excluding carboxylic acids is 2. The number of anilines is 1. The Labute approximate surface area is 112 Å². The first kappa shape index (κ1) is 12.2. The van der Waals surface area contributed by atoms with Crippen molar-refractivity contribution < 1.29 is 9.59 Å². The average Bonchev–Trinajstić information content (AvgIpc) is 2.72. The summed E-state index contributed by atoms with van der Waals surface area (Å²) >= 11 is 0. The predicted molar refractivity (Wildman–Crippen MR) is 71.6 cm³/mol. The maximum atomic E-state index is 12.5. The fourth-order valence-corrected chi connectivity index (χ4v) is 3.01. The molecule has 19 heavy (non-hydrogen) atoms. The van der Waals surface area contributed by atoms with E-state index in [1.165, 1.54) is 4.90 Å². The first-order valence-corrected chi connectivity index (χ1v) is 6.32. The Kier molecular flexibility index (Phi) is 2.82. The number of rotatable bonds is 2. The molecule has 2 amide bonds. The van der Waals surface area contributed by atoms with Crippen LogP contribution in [0.5, 0.6) is 0 Å². The van der Waals surface area contributed by atoms with Crippen molar-refractivity contribution >= 4 is 25.5 Å².